The van der Waals surface area contributed by atoms with E-state index in [1.54, 1.807) is 24.3 Å². The van der Waals surface area contributed by atoms with Crippen LogP contribution in [-0.4, -0.2) is 30.2 Å². The van der Waals surface area contributed by atoms with Gasteiger partial charge in [-0.1, -0.05) is 11.3 Å². The summed E-state index contributed by atoms with van der Waals surface area (Å²) in [5.41, 5.74) is 6.04. The van der Waals surface area contributed by atoms with Crippen LogP contribution in [0.3, 0.4) is 0 Å². The lowest BCUT2D eigenvalue weighted by Gasteiger charge is -2.15. The van der Waals surface area contributed by atoms with Gasteiger partial charge in [0, 0.05) is 45.7 Å². The molecule has 0 fully saturated rings. The molecule has 0 atom stereocenters. The molecule has 18 heteroatoms. The number of aryl methyl sites for hydroxylation is 5. The molecule has 0 saturated carbocycles. The third kappa shape index (κ3) is 7.27. The molecule has 0 unspecified atom stereocenters. The van der Waals surface area contributed by atoms with Crippen molar-refractivity contribution in [3.8, 4) is 0 Å². The first kappa shape index (κ1) is 36.4. The molecule has 8 rings (SSSR count). The first-order valence-electron chi connectivity index (χ1n) is 16.9. The molecule has 0 aliphatic carbocycles. The maximum absolute atomic E-state index is 12.1. The quantitative estimate of drug-likeness (QED) is 0.0807. The van der Waals surface area contributed by atoms with Crippen molar-refractivity contribution in [1.29, 1.82) is 0 Å². The lowest BCUT2D eigenvalue weighted by molar-refractivity contribution is 0.559. The summed E-state index contributed by atoms with van der Waals surface area (Å²) in [6, 6.07) is 14.9. The number of rotatable bonds is 6. The number of hydrogen-bond acceptors (Lipinski definition) is 14. The van der Waals surface area contributed by atoms with Crippen LogP contribution in [-0.2, 0) is 0 Å². The van der Waals surface area contributed by atoms with Gasteiger partial charge in [0.2, 0.25) is 17.8 Å². The summed E-state index contributed by atoms with van der Waals surface area (Å²) in [5.74, 6) is 0.257. The molecule has 8 aromatic rings. The zero-order valence-electron chi connectivity index (χ0n) is 30.2. The molecule has 3 aromatic carbocycles. The maximum Gasteiger partial charge on any atom is 0.336 e. The predicted molar refractivity (Wildman–Crippen MR) is 227 cm³/mol. The topological polar surface area (TPSA) is 202 Å². The van der Waals surface area contributed by atoms with Gasteiger partial charge in [-0.3, -0.25) is 5.32 Å². The molecular weight excluding hydrogens is 775 g/mol. The SMILES string of the molecule is Cc1cc2oc(=O)cc(C)c2cc1NC(=S)Nc1nc(NC(=S)Nc2ccc3oc(=O)cc(C)c3c2)nc(Nc2nc3c(C)cc4oc(=O)cc(C)c4c3s2)n1. The molecule has 5 heterocycles. The molecule has 5 aromatic heterocycles. The molecular formula is C38H29N9O6S3. The van der Waals surface area contributed by atoms with Gasteiger partial charge in [0.15, 0.2) is 15.4 Å². The van der Waals surface area contributed by atoms with E-state index in [4.69, 9.17) is 42.7 Å². The number of fused-ring (bicyclic) bond motifs is 5. The summed E-state index contributed by atoms with van der Waals surface area (Å²) in [4.78, 5) is 54.4. The van der Waals surface area contributed by atoms with E-state index < -0.39 is 16.9 Å². The molecule has 0 aliphatic rings. The Hall–Kier alpha value is -6.63. The van der Waals surface area contributed by atoms with Crippen LogP contribution in [0.1, 0.15) is 27.8 Å². The number of nitrogens with one attached hydrogen (secondary N) is 5. The average Bonchev–Trinajstić information content (AvgIpc) is 3.52. The number of benzene rings is 3. The van der Waals surface area contributed by atoms with Crippen LogP contribution < -0.4 is 43.5 Å². The van der Waals surface area contributed by atoms with E-state index in [2.05, 4.69) is 41.5 Å². The van der Waals surface area contributed by atoms with Crippen LogP contribution in [0.5, 0.6) is 0 Å². The minimum Gasteiger partial charge on any atom is -0.423 e. The van der Waals surface area contributed by atoms with Gasteiger partial charge in [-0.2, -0.15) is 15.0 Å². The molecule has 5 N–H and O–H groups in total. The highest BCUT2D eigenvalue weighted by Gasteiger charge is 2.18. The fourth-order valence-electron chi connectivity index (χ4n) is 6.26. The van der Waals surface area contributed by atoms with Crippen molar-refractivity contribution in [1.82, 2.24) is 19.9 Å². The van der Waals surface area contributed by atoms with Gasteiger partial charge < -0.3 is 34.5 Å². The van der Waals surface area contributed by atoms with Crippen molar-refractivity contribution in [3.63, 3.8) is 0 Å². The van der Waals surface area contributed by atoms with Gasteiger partial charge in [-0.25, -0.2) is 19.4 Å². The minimum atomic E-state index is -0.429. The summed E-state index contributed by atoms with van der Waals surface area (Å²) >= 11 is 12.7. The van der Waals surface area contributed by atoms with Crippen LogP contribution in [0.2, 0.25) is 0 Å². The van der Waals surface area contributed by atoms with E-state index in [9.17, 15) is 14.4 Å². The van der Waals surface area contributed by atoms with Gasteiger partial charge in [-0.15, -0.1) is 0 Å². The first-order chi connectivity index (χ1) is 26.8. The fraction of sp³-hybridized carbons (Fsp3) is 0.132. The Morgan fingerprint density at radius 3 is 1.84 bits per heavy atom. The van der Waals surface area contributed by atoms with Crippen molar-refractivity contribution in [2.45, 2.75) is 34.6 Å². The Labute approximate surface area is 330 Å². The van der Waals surface area contributed by atoms with Gasteiger partial charge in [0.25, 0.3) is 0 Å². The average molecular weight is 804 g/mol. The molecule has 0 spiro atoms. The normalized spacial score (nSPS) is 11.3. The summed E-state index contributed by atoms with van der Waals surface area (Å²) in [6.45, 7) is 9.26. The lowest BCUT2D eigenvalue weighted by Crippen LogP contribution is -2.24. The Balaban J connectivity index is 1.11. The standard InChI is InChI=1S/C38H29N9O6S3/c1-15-10-27(48)51-24-7-6-20(13-21(15)24)39-36(54)45-33-42-34(46-37(55)40-23-14-22-16(2)11-28(49)52-25(22)8-17(23)3)44-35(43-33)47-38-41-31-19(5)9-26-30(32(31)56-38)18(4)12-29(50)53-26/h6-14H,1-5H3,(H5,39,40,41,42,43,44,45,46,47,54,55). The number of thiocarbonyl (C=S) groups is 2. The number of aromatic nitrogens is 4. The largest absolute Gasteiger partial charge is 0.423 e. The zero-order chi connectivity index (χ0) is 39.4. The smallest absolute Gasteiger partial charge is 0.336 e. The van der Waals surface area contributed by atoms with E-state index in [0.29, 0.717) is 33.3 Å². The highest BCUT2D eigenvalue weighted by Crippen LogP contribution is 2.37. The second-order valence-electron chi connectivity index (χ2n) is 13.0. The zero-order valence-corrected chi connectivity index (χ0v) is 32.6. The number of nitrogens with zero attached hydrogens (tertiary/aromatic N) is 4. The van der Waals surface area contributed by atoms with Gasteiger partial charge in [0.1, 0.15) is 16.7 Å². The third-order valence-corrected chi connectivity index (χ3v) is 10.2. The highest BCUT2D eigenvalue weighted by atomic mass is 32.1. The third-order valence-electron chi connectivity index (χ3n) is 8.82. The predicted octanol–water partition coefficient (Wildman–Crippen LogP) is 7.70. The summed E-state index contributed by atoms with van der Waals surface area (Å²) < 4.78 is 17.0. The highest BCUT2D eigenvalue weighted by molar-refractivity contribution is 7.81. The molecule has 280 valence electrons. The van der Waals surface area contributed by atoms with Crippen molar-refractivity contribution in [2.24, 2.45) is 0 Å². The number of hydrogen-bond donors (Lipinski definition) is 5. The first-order valence-corrected chi connectivity index (χ1v) is 18.5. The minimum absolute atomic E-state index is 0.0705. The Bertz CT molecular complexity index is 3160. The summed E-state index contributed by atoms with van der Waals surface area (Å²) in [7, 11) is 0. The monoisotopic (exact) mass is 803 g/mol. The Morgan fingerprint density at radius 1 is 0.571 bits per heavy atom. The molecule has 0 bridgehead atoms. The van der Waals surface area contributed by atoms with Crippen molar-refractivity contribution in [2.75, 3.05) is 26.6 Å². The molecule has 56 heavy (non-hydrogen) atoms. The summed E-state index contributed by atoms with van der Waals surface area (Å²) in [6.07, 6.45) is 0. The van der Waals surface area contributed by atoms with Crippen LogP contribution in [0.4, 0.5) is 34.4 Å². The van der Waals surface area contributed by atoms with E-state index in [1.165, 1.54) is 29.5 Å². The van der Waals surface area contributed by atoms with Gasteiger partial charge in [-0.05, 0) is 123 Å². The number of anilines is 6. The van der Waals surface area contributed by atoms with Crippen molar-refractivity contribution < 1.29 is 13.3 Å². The Kier molecular flexibility index (Phi) is 9.23. The molecule has 0 radical (unpaired) electrons. The summed E-state index contributed by atoms with van der Waals surface area (Å²) in [5, 5.41) is 18.6. The molecule has 0 saturated heterocycles. The molecule has 15 nitrogen and oxygen atoms in total. The van der Waals surface area contributed by atoms with Crippen LogP contribution in [0.15, 0.2) is 82.2 Å². The van der Waals surface area contributed by atoms with E-state index >= 15 is 0 Å². The van der Waals surface area contributed by atoms with Crippen molar-refractivity contribution in [3.05, 3.63) is 114 Å². The van der Waals surface area contributed by atoms with Crippen LogP contribution in [0, 0.1) is 34.6 Å². The molecule has 0 amide bonds. The molecule has 0 aliphatic heterocycles. The van der Waals surface area contributed by atoms with E-state index in [1.807, 2.05) is 46.8 Å². The van der Waals surface area contributed by atoms with E-state index in [0.717, 1.165) is 54.2 Å². The van der Waals surface area contributed by atoms with Crippen LogP contribution in [0.25, 0.3) is 43.1 Å². The Morgan fingerprint density at radius 2 is 1.14 bits per heavy atom. The second kappa shape index (κ2) is 14.2. The lowest BCUT2D eigenvalue weighted by atomic mass is 10.1. The number of thiazole rings is 1. The van der Waals surface area contributed by atoms with Gasteiger partial charge >= 0.3 is 16.9 Å². The van der Waals surface area contributed by atoms with Crippen molar-refractivity contribution >= 4 is 123 Å². The van der Waals surface area contributed by atoms with Gasteiger partial charge in [0.05, 0.1) is 10.2 Å². The maximum atomic E-state index is 12.1. The van der Waals surface area contributed by atoms with E-state index in [-0.39, 0.29) is 28.1 Å². The second-order valence-corrected chi connectivity index (χ2v) is 14.8. The fourth-order valence-corrected chi connectivity index (χ4v) is 7.81. The van der Waals surface area contributed by atoms with Crippen LogP contribution >= 0.6 is 35.8 Å².